The van der Waals surface area contributed by atoms with E-state index in [2.05, 4.69) is 71.7 Å². The van der Waals surface area contributed by atoms with Crippen molar-refractivity contribution in [1.29, 1.82) is 0 Å². The lowest BCUT2D eigenvalue weighted by atomic mass is 9.50. The van der Waals surface area contributed by atoms with Crippen molar-refractivity contribution in [3.8, 4) is 12.3 Å². The van der Waals surface area contributed by atoms with Crippen LogP contribution in [0.15, 0.2) is 48.5 Å². The summed E-state index contributed by atoms with van der Waals surface area (Å²) in [4.78, 5) is 18.7. The lowest BCUT2D eigenvalue weighted by Crippen LogP contribution is -2.63. The molecule has 0 spiro atoms. The quantitative estimate of drug-likeness (QED) is 0.479. The van der Waals surface area contributed by atoms with Crippen LogP contribution in [0.4, 0.5) is 5.69 Å². The zero-order chi connectivity index (χ0) is 22.6. The zero-order valence-electron chi connectivity index (χ0n) is 19.2. The van der Waals surface area contributed by atoms with Gasteiger partial charge in [-0.05, 0) is 73.3 Å². The number of amides is 1. The topological polar surface area (TPSA) is 48.1 Å². The van der Waals surface area contributed by atoms with Crippen LogP contribution < -0.4 is 5.32 Å². The van der Waals surface area contributed by atoms with Gasteiger partial charge < -0.3 is 15.2 Å². The predicted molar refractivity (Wildman–Crippen MR) is 133 cm³/mol. The number of carbonyl (C=O) groups excluding carboxylic acids is 1. The average molecular weight is 438 g/mol. The van der Waals surface area contributed by atoms with E-state index in [-0.39, 0.29) is 18.0 Å². The second-order valence-corrected chi connectivity index (χ2v) is 10.3. The molecule has 2 heterocycles. The Bertz CT molecular complexity index is 1230. The Morgan fingerprint density at radius 3 is 2.61 bits per heavy atom. The summed E-state index contributed by atoms with van der Waals surface area (Å²) in [6, 6.07) is 17.1. The third-order valence-corrected chi connectivity index (χ3v) is 8.15. The number of benzene rings is 2. The normalized spacial score (nSPS) is 27.3. The number of unbranched alkanes of at least 4 members (excludes halogenated alkanes) is 1. The van der Waals surface area contributed by atoms with Crippen LogP contribution in [0.25, 0.3) is 10.9 Å². The summed E-state index contributed by atoms with van der Waals surface area (Å²) in [7, 11) is 0. The Kier molecular flexibility index (Phi) is 4.76. The highest BCUT2D eigenvalue weighted by Crippen LogP contribution is 2.58. The maximum absolute atomic E-state index is 13.1. The zero-order valence-corrected chi connectivity index (χ0v) is 19.2. The molecular weight excluding hydrogens is 406 g/mol. The van der Waals surface area contributed by atoms with Crippen LogP contribution in [-0.4, -0.2) is 27.4 Å². The van der Waals surface area contributed by atoms with Crippen LogP contribution in [0.3, 0.4) is 0 Å². The molecule has 4 aliphatic rings. The monoisotopic (exact) mass is 437 g/mol. The first kappa shape index (κ1) is 20.4. The maximum Gasteiger partial charge on any atom is 0.299 e. The molecule has 1 aromatic heterocycles. The van der Waals surface area contributed by atoms with Crippen molar-refractivity contribution in [3.05, 3.63) is 65.4 Å². The van der Waals surface area contributed by atoms with Gasteiger partial charge in [-0.25, -0.2) is 0 Å². The number of nitrogens with one attached hydrogen (secondary N) is 2. The van der Waals surface area contributed by atoms with Gasteiger partial charge in [0.25, 0.3) is 5.91 Å². The molecule has 33 heavy (non-hydrogen) atoms. The lowest BCUT2D eigenvalue weighted by Gasteiger charge is -2.62. The van der Waals surface area contributed by atoms with Gasteiger partial charge >= 0.3 is 0 Å². The van der Waals surface area contributed by atoms with Gasteiger partial charge in [-0.15, -0.1) is 6.42 Å². The fourth-order valence-electron chi connectivity index (χ4n) is 6.41. The van der Waals surface area contributed by atoms with Gasteiger partial charge in [0.05, 0.1) is 6.04 Å². The van der Waals surface area contributed by atoms with Gasteiger partial charge in [-0.3, -0.25) is 4.79 Å². The molecule has 4 nitrogen and oxygen atoms in total. The Morgan fingerprint density at radius 2 is 1.94 bits per heavy atom. The minimum atomic E-state index is -0.221. The highest BCUT2D eigenvalue weighted by atomic mass is 16.2. The number of carbonyl (C=O) groups is 1. The predicted octanol–water partition coefficient (Wildman–Crippen LogP) is 5.80. The Labute approximate surface area is 195 Å². The van der Waals surface area contributed by atoms with Gasteiger partial charge in [0.1, 0.15) is 0 Å². The number of para-hydroxylation sites is 1. The highest BCUT2D eigenvalue weighted by Gasteiger charge is 2.56. The highest BCUT2D eigenvalue weighted by molar-refractivity contribution is 5.95. The molecule has 7 rings (SSSR count). The number of anilines is 1. The van der Waals surface area contributed by atoms with E-state index in [0.29, 0.717) is 5.54 Å². The first-order valence-electron chi connectivity index (χ1n) is 12.4. The van der Waals surface area contributed by atoms with E-state index in [1.807, 2.05) is 4.90 Å². The Balaban J connectivity index is 1.42. The van der Waals surface area contributed by atoms with Crippen LogP contribution in [0, 0.1) is 18.3 Å². The molecule has 1 amide bonds. The molecule has 2 N–H and O–H groups in total. The van der Waals surface area contributed by atoms with Crippen molar-refractivity contribution in [1.82, 2.24) is 9.88 Å². The number of nitrogens with zero attached hydrogens (tertiary/aromatic N) is 1. The first-order chi connectivity index (χ1) is 16.1. The summed E-state index contributed by atoms with van der Waals surface area (Å²) in [5, 5.41) is 5.01. The number of fused-ring (bicyclic) bond motifs is 3. The smallest absolute Gasteiger partial charge is 0.299 e. The fourth-order valence-corrected chi connectivity index (χ4v) is 6.41. The maximum atomic E-state index is 13.1. The molecular formula is C29H31N3O. The molecule has 0 unspecified atom stereocenters. The Hall–Kier alpha value is -3.19. The van der Waals surface area contributed by atoms with Crippen molar-refractivity contribution in [3.63, 3.8) is 0 Å². The lowest BCUT2D eigenvalue weighted by molar-refractivity contribution is -0.130. The van der Waals surface area contributed by atoms with Crippen LogP contribution >= 0.6 is 0 Å². The van der Waals surface area contributed by atoms with Crippen molar-refractivity contribution >= 4 is 22.5 Å². The number of H-pyrrole nitrogens is 1. The van der Waals surface area contributed by atoms with E-state index in [0.717, 1.165) is 48.4 Å². The third-order valence-electron chi connectivity index (χ3n) is 8.15. The molecule has 168 valence electrons. The second-order valence-electron chi connectivity index (χ2n) is 10.3. The average Bonchev–Trinajstić information content (AvgIpc) is 3.16. The fraction of sp³-hybridized carbons (Fsp3) is 0.414. The molecule has 2 bridgehead atoms. The van der Waals surface area contributed by atoms with E-state index < -0.39 is 0 Å². The summed E-state index contributed by atoms with van der Waals surface area (Å²) in [6.07, 6.45) is 13.6. The third kappa shape index (κ3) is 3.25. The molecule has 0 radical (unpaired) electrons. The minimum Gasteiger partial charge on any atom is -0.380 e. The van der Waals surface area contributed by atoms with Crippen molar-refractivity contribution < 1.29 is 4.79 Å². The molecule has 1 aliphatic heterocycles. The molecule has 2 aromatic carbocycles. The molecule has 3 saturated carbocycles. The van der Waals surface area contributed by atoms with Crippen molar-refractivity contribution in [2.75, 3.05) is 5.32 Å². The van der Waals surface area contributed by atoms with Crippen molar-refractivity contribution in [2.45, 2.75) is 69.5 Å². The van der Waals surface area contributed by atoms with Gasteiger partial charge in [0.15, 0.2) is 0 Å². The minimum absolute atomic E-state index is 0.101. The van der Waals surface area contributed by atoms with Crippen molar-refractivity contribution in [2.24, 2.45) is 5.92 Å². The molecule has 0 saturated heterocycles. The van der Waals surface area contributed by atoms with Gasteiger partial charge in [0, 0.05) is 33.9 Å². The number of terminal acetylenes is 1. The number of rotatable bonds is 6. The van der Waals surface area contributed by atoms with Crippen LogP contribution in [0.2, 0.25) is 0 Å². The van der Waals surface area contributed by atoms with Crippen LogP contribution in [0.1, 0.15) is 68.3 Å². The molecule has 3 fully saturated rings. The summed E-state index contributed by atoms with van der Waals surface area (Å²) in [5.41, 5.74) is 6.18. The van der Waals surface area contributed by atoms with Gasteiger partial charge in [-0.2, -0.15) is 0 Å². The summed E-state index contributed by atoms with van der Waals surface area (Å²) in [5.74, 6) is 3.16. The molecule has 4 heteroatoms. The van der Waals surface area contributed by atoms with E-state index in [4.69, 9.17) is 6.42 Å². The van der Waals surface area contributed by atoms with E-state index in [9.17, 15) is 4.79 Å². The first-order valence-corrected chi connectivity index (χ1v) is 12.4. The SMILES string of the molecule is C#CC(=O)N1[C@@H](CCCC)Cc2c([nH]c3ccccc23)[C@@H]1c1ccc(NC23CC(C2)C3)cc1. The van der Waals surface area contributed by atoms with Crippen LogP contribution in [-0.2, 0) is 11.2 Å². The Morgan fingerprint density at radius 1 is 1.18 bits per heavy atom. The van der Waals surface area contributed by atoms with E-state index in [1.54, 1.807) is 0 Å². The molecule has 3 aliphatic carbocycles. The standard InChI is InChI=1S/C29H31N3O/c1-3-5-8-22-15-24-23-9-6-7-10-25(23)30-27(24)28(32(22)26(33)4-2)20-11-13-21(14-12-20)31-29-16-19(17-29)18-29/h2,6-7,9-14,19,22,28,30-31H,3,5,8,15-18H2,1H3/t19?,22-,28-,29?/m0/s1. The van der Waals surface area contributed by atoms with E-state index in [1.165, 1.54) is 35.9 Å². The number of aromatic nitrogens is 1. The summed E-state index contributed by atoms with van der Waals surface area (Å²) in [6.45, 7) is 2.20. The number of hydrogen-bond acceptors (Lipinski definition) is 2. The summed E-state index contributed by atoms with van der Waals surface area (Å²) < 4.78 is 0. The van der Waals surface area contributed by atoms with Crippen LogP contribution in [0.5, 0.6) is 0 Å². The number of hydrogen-bond donors (Lipinski definition) is 2. The second kappa shape index (κ2) is 7.70. The molecule has 2 atom stereocenters. The van der Waals surface area contributed by atoms with Gasteiger partial charge in [0.2, 0.25) is 0 Å². The van der Waals surface area contributed by atoms with E-state index >= 15 is 0 Å². The summed E-state index contributed by atoms with van der Waals surface area (Å²) >= 11 is 0. The number of aromatic amines is 1. The van der Waals surface area contributed by atoms with Gasteiger partial charge in [-0.1, -0.05) is 50.1 Å². The molecule has 3 aromatic rings. The largest absolute Gasteiger partial charge is 0.380 e.